The van der Waals surface area contributed by atoms with Gasteiger partial charge in [0.15, 0.2) is 0 Å². The molecule has 1 aliphatic heterocycles. The second kappa shape index (κ2) is 9.05. The molecule has 7 nitrogen and oxygen atoms in total. The monoisotopic (exact) mass is 444 g/mol. The summed E-state index contributed by atoms with van der Waals surface area (Å²) in [6, 6.07) is 15.6. The van der Waals surface area contributed by atoms with Gasteiger partial charge >= 0.3 is 5.97 Å². The van der Waals surface area contributed by atoms with E-state index in [0.29, 0.717) is 32.0 Å². The van der Waals surface area contributed by atoms with E-state index in [1.165, 1.54) is 39.9 Å². The van der Waals surface area contributed by atoms with Gasteiger partial charge in [-0.3, -0.25) is 0 Å². The molecule has 0 saturated carbocycles. The molecule has 0 bridgehead atoms. The summed E-state index contributed by atoms with van der Waals surface area (Å²) in [7, 11) is -3.59. The Labute approximate surface area is 178 Å². The summed E-state index contributed by atoms with van der Waals surface area (Å²) in [5.74, 6) is -0.528. The Morgan fingerprint density at radius 1 is 1.07 bits per heavy atom. The first kappa shape index (κ1) is 20.7. The molecular formula is C21H20N2O5S2. The second-order valence-corrected chi connectivity index (χ2v) is 9.42. The Balaban J connectivity index is 1.38. The number of sulfonamides is 1. The van der Waals surface area contributed by atoms with E-state index < -0.39 is 16.0 Å². The molecule has 9 heteroatoms. The number of hydrogen-bond donors (Lipinski definition) is 0. The highest BCUT2D eigenvalue weighted by Gasteiger charge is 2.26. The maximum Gasteiger partial charge on any atom is 0.338 e. The fraction of sp³-hybridized carbons (Fsp3) is 0.238. The predicted octanol–water partition coefficient (Wildman–Crippen LogP) is 3.19. The predicted molar refractivity (Wildman–Crippen MR) is 113 cm³/mol. The molecule has 0 N–H and O–H groups in total. The molecule has 0 atom stereocenters. The van der Waals surface area contributed by atoms with Crippen molar-refractivity contribution < 1.29 is 22.7 Å². The number of carbonyl (C=O) groups is 1. The Hall–Kier alpha value is -2.59. The third-order valence-corrected chi connectivity index (χ3v) is 7.47. The van der Waals surface area contributed by atoms with E-state index in [1.807, 2.05) is 35.7 Å². The molecule has 156 valence electrons. The molecular weight excluding hydrogens is 424 g/mol. The van der Waals surface area contributed by atoms with E-state index in [4.69, 9.17) is 9.47 Å². The first-order valence-electron chi connectivity index (χ1n) is 9.39. The minimum absolute atomic E-state index is 0.0516. The van der Waals surface area contributed by atoms with Gasteiger partial charge in [0.2, 0.25) is 10.0 Å². The lowest BCUT2D eigenvalue weighted by molar-refractivity contribution is 0.0468. The molecule has 4 rings (SSSR count). The Kier molecular flexibility index (Phi) is 6.24. The summed E-state index contributed by atoms with van der Waals surface area (Å²) in [4.78, 5) is 17.0. The largest absolute Gasteiger partial charge is 0.456 e. The van der Waals surface area contributed by atoms with Crippen LogP contribution in [0, 0.1) is 0 Å². The third kappa shape index (κ3) is 4.59. The van der Waals surface area contributed by atoms with Crippen LogP contribution in [0.25, 0.3) is 10.6 Å². The number of ether oxygens (including phenoxy) is 2. The second-order valence-electron chi connectivity index (χ2n) is 6.63. The van der Waals surface area contributed by atoms with Crippen molar-refractivity contribution in [3.63, 3.8) is 0 Å². The zero-order valence-corrected chi connectivity index (χ0v) is 17.7. The summed E-state index contributed by atoms with van der Waals surface area (Å²) in [6.45, 7) is 1.46. The number of esters is 1. The van der Waals surface area contributed by atoms with Crippen molar-refractivity contribution in [3.05, 3.63) is 71.2 Å². The van der Waals surface area contributed by atoms with Crippen LogP contribution in [-0.2, 0) is 26.1 Å². The van der Waals surface area contributed by atoms with Gasteiger partial charge in [0.25, 0.3) is 0 Å². The zero-order valence-electron chi connectivity index (χ0n) is 16.1. The maximum absolute atomic E-state index is 12.6. The van der Waals surface area contributed by atoms with Gasteiger partial charge in [-0.15, -0.1) is 11.3 Å². The van der Waals surface area contributed by atoms with Gasteiger partial charge < -0.3 is 9.47 Å². The van der Waals surface area contributed by atoms with Crippen molar-refractivity contribution in [1.29, 1.82) is 0 Å². The van der Waals surface area contributed by atoms with Crippen LogP contribution >= 0.6 is 11.3 Å². The number of rotatable bonds is 6. The molecule has 0 spiro atoms. The lowest BCUT2D eigenvalue weighted by Crippen LogP contribution is -2.40. The highest BCUT2D eigenvalue weighted by molar-refractivity contribution is 7.89. The van der Waals surface area contributed by atoms with Crippen LogP contribution in [0.1, 0.15) is 16.1 Å². The number of carbonyl (C=O) groups excluding carboxylic acids is 1. The van der Waals surface area contributed by atoms with Crippen molar-refractivity contribution in [2.24, 2.45) is 0 Å². The van der Waals surface area contributed by atoms with Crippen LogP contribution in [-0.4, -0.2) is 50.0 Å². The molecule has 0 radical (unpaired) electrons. The smallest absolute Gasteiger partial charge is 0.338 e. The van der Waals surface area contributed by atoms with Gasteiger partial charge in [-0.25, -0.2) is 18.2 Å². The van der Waals surface area contributed by atoms with Gasteiger partial charge in [0.05, 0.1) is 29.4 Å². The van der Waals surface area contributed by atoms with E-state index in [1.54, 1.807) is 0 Å². The standard InChI is InChI=1S/C21H20N2O5S2/c24-21(28-14-18-15-29-20(22-18)16-4-2-1-3-5-16)17-6-8-19(9-7-17)30(25,26)23-10-12-27-13-11-23/h1-9,15H,10-14H2. The van der Waals surface area contributed by atoms with Crippen molar-refractivity contribution in [1.82, 2.24) is 9.29 Å². The van der Waals surface area contributed by atoms with E-state index >= 15 is 0 Å². The number of aromatic nitrogens is 1. The number of morpholine rings is 1. The fourth-order valence-corrected chi connectivity index (χ4v) is 5.23. The minimum atomic E-state index is -3.59. The van der Waals surface area contributed by atoms with Gasteiger partial charge in [0.1, 0.15) is 11.6 Å². The number of benzene rings is 2. The average molecular weight is 445 g/mol. The lowest BCUT2D eigenvalue weighted by atomic mass is 10.2. The molecule has 1 aromatic heterocycles. The lowest BCUT2D eigenvalue weighted by Gasteiger charge is -2.26. The molecule has 0 amide bonds. The van der Waals surface area contributed by atoms with Crippen LogP contribution in [0.4, 0.5) is 0 Å². The van der Waals surface area contributed by atoms with Gasteiger partial charge in [-0.1, -0.05) is 30.3 Å². The Bertz CT molecular complexity index is 1110. The van der Waals surface area contributed by atoms with Gasteiger partial charge in [0, 0.05) is 24.0 Å². The van der Waals surface area contributed by atoms with Crippen molar-refractivity contribution >= 4 is 27.3 Å². The zero-order chi connectivity index (χ0) is 21.0. The van der Waals surface area contributed by atoms with Crippen LogP contribution < -0.4 is 0 Å². The topological polar surface area (TPSA) is 85.8 Å². The number of hydrogen-bond acceptors (Lipinski definition) is 7. The molecule has 2 heterocycles. The molecule has 1 saturated heterocycles. The van der Waals surface area contributed by atoms with Crippen molar-refractivity contribution in [2.75, 3.05) is 26.3 Å². The van der Waals surface area contributed by atoms with E-state index in [9.17, 15) is 13.2 Å². The van der Waals surface area contributed by atoms with Crippen LogP contribution in [0.2, 0.25) is 0 Å². The molecule has 1 aliphatic rings. The third-order valence-electron chi connectivity index (χ3n) is 4.62. The number of thiazole rings is 1. The minimum Gasteiger partial charge on any atom is -0.456 e. The van der Waals surface area contributed by atoms with Crippen LogP contribution in [0.5, 0.6) is 0 Å². The first-order valence-corrected chi connectivity index (χ1v) is 11.7. The quantitative estimate of drug-likeness (QED) is 0.543. The SMILES string of the molecule is O=C(OCc1csc(-c2ccccc2)n1)c1ccc(S(=O)(=O)N2CCOCC2)cc1. The highest BCUT2D eigenvalue weighted by Crippen LogP contribution is 2.24. The Morgan fingerprint density at radius 3 is 2.47 bits per heavy atom. The molecule has 30 heavy (non-hydrogen) atoms. The van der Waals surface area contributed by atoms with Crippen LogP contribution in [0.3, 0.4) is 0 Å². The van der Waals surface area contributed by atoms with Crippen LogP contribution in [0.15, 0.2) is 64.9 Å². The number of nitrogens with zero attached hydrogens (tertiary/aromatic N) is 2. The van der Waals surface area contributed by atoms with Gasteiger partial charge in [-0.2, -0.15) is 4.31 Å². The molecule has 2 aromatic carbocycles. The average Bonchev–Trinajstić information content (AvgIpc) is 3.28. The molecule has 0 aliphatic carbocycles. The summed E-state index contributed by atoms with van der Waals surface area (Å²) < 4.78 is 37.2. The van der Waals surface area contributed by atoms with E-state index in [0.717, 1.165) is 10.6 Å². The van der Waals surface area contributed by atoms with Crippen molar-refractivity contribution in [3.8, 4) is 10.6 Å². The maximum atomic E-state index is 12.6. The summed E-state index contributed by atoms with van der Waals surface area (Å²) in [5.41, 5.74) is 1.96. The van der Waals surface area contributed by atoms with Gasteiger partial charge in [-0.05, 0) is 24.3 Å². The molecule has 3 aromatic rings. The summed E-state index contributed by atoms with van der Waals surface area (Å²) in [6.07, 6.45) is 0. The van der Waals surface area contributed by atoms with Crippen molar-refractivity contribution in [2.45, 2.75) is 11.5 Å². The fourth-order valence-electron chi connectivity index (χ4n) is 3.01. The molecule has 1 fully saturated rings. The molecule has 0 unspecified atom stereocenters. The Morgan fingerprint density at radius 2 is 1.77 bits per heavy atom. The van der Waals surface area contributed by atoms with E-state index in [-0.39, 0.29) is 17.1 Å². The normalized spacial score (nSPS) is 15.1. The summed E-state index contributed by atoms with van der Waals surface area (Å²) in [5, 5.41) is 2.72. The van der Waals surface area contributed by atoms with E-state index in [2.05, 4.69) is 4.98 Å². The summed E-state index contributed by atoms with van der Waals surface area (Å²) >= 11 is 1.49. The first-order chi connectivity index (χ1) is 14.5. The highest BCUT2D eigenvalue weighted by atomic mass is 32.2.